The van der Waals surface area contributed by atoms with Crippen molar-refractivity contribution in [2.24, 2.45) is 5.41 Å². The zero-order chi connectivity index (χ0) is 5.21. The maximum atomic E-state index is 4.73. The average Bonchev–Trinajstić information content (AvgIpc) is 1.35. The van der Waals surface area contributed by atoms with E-state index in [0.717, 1.165) is 5.75 Å². The molecule has 36 valence electrons. The van der Waals surface area contributed by atoms with E-state index in [9.17, 15) is 0 Å². The highest BCUT2D eigenvalue weighted by atomic mass is 32.1. The molecule has 0 bridgehead atoms. The standard InChI is InChI=1S/C5H10S/c1-5(2,3)4-6/h1,4H2,2-3H3. The first-order chi connectivity index (χ1) is 2.56. The fourth-order valence-electron chi connectivity index (χ4n) is 0. The van der Waals surface area contributed by atoms with Gasteiger partial charge in [0.2, 0.25) is 0 Å². The molecule has 0 saturated carbocycles. The predicted molar refractivity (Wildman–Crippen MR) is 31.6 cm³/mol. The summed E-state index contributed by atoms with van der Waals surface area (Å²) in [5.74, 6) is 0.743. The second kappa shape index (κ2) is 1.87. The highest BCUT2D eigenvalue weighted by molar-refractivity contribution is 7.80. The van der Waals surface area contributed by atoms with Crippen molar-refractivity contribution in [1.29, 1.82) is 0 Å². The van der Waals surface area contributed by atoms with E-state index in [1.807, 2.05) is 13.8 Å². The fourth-order valence-corrected chi connectivity index (χ4v) is 0. The fraction of sp³-hybridized carbons (Fsp3) is 0.800. The van der Waals surface area contributed by atoms with Crippen LogP contribution in [0.15, 0.2) is 0 Å². The van der Waals surface area contributed by atoms with Crippen LogP contribution < -0.4 is 0 Å². The van der Waals surface area contributed by atoms with Gasteiger partial charge in [-0.1, -0.05) is 26.5 Å². The Morgan fingerprint density at radius 2 is 1.83 bits per heavy atom. The van der Waals surface area contributed by atoms with E-state index in [1.54, 1.807) is 0 Å². The molecule has 1 heteroatoms. The normalized spacial score (nSPS) is 12.0. The Labute approximate surface area is 45.4 Å². The molecule has 0 atom stereocenters. The lowest BCUT2D eigenvalue weighted by molar-refractivity contribution is 0.553. The van der Waals surface area contributed by atoms with Gasteiger partial charge in [0.25, 0.3) is 0 Å². The minimum atomic E-state index is 0.106. The van der Waals surface area contributed by atoms with Crippen molar-refractivity contribution in [1.82, 2.24) is 0 Å². The summed E-state index contributed by atoms with van der Waals surface area (Å²) in [6.07, 6.45) is 0. The molecule has 0 aliphatic heterocycles. The summed E-state index contributed by atoms with van der Waals surface area (Å²) in [5, 5.41) is 0. The Morgan fingerprint density at radius 3 is 1.83 bits per heavy atom. The third-order valence-electron chi connectivity index (χ3n) is 0.391. The lowest BCUT2D eigenvalue weighted by Gasteiger charge is -2.10. The van der Waals surface area contributed by atoms with Crippen LogP contribution in [0.4, 0.5) is 0 Å². The van der Waals surface area contributed by atoms with E-state index in [2.05, 4.69) is 6.92 Å². The maximum Gasteiger partial charge on any atom is 0.00883 e. The van der Waals surface area contributed by atoms with Crippen molar-refractivity contribution in [2.45, 2.75) is 13.8 Å². The highest BCUT2D eigenvalue weighted by Gasteiger charge is 2.05. The zero-order valence-corrected chi connectivity index (χ0v) is 5.14. The average molecular weight is 102 g/mol. The molecule has 0 rings (SSSR count). The van der Waals surface area contributed by atoms with E-state index in [0.29, 0.717) is 0 Å². The van der Waals surface area contributed by atoms with Crippen LogP contribution in [0.25, 0.3) is 0 Å². The molecule has 0 fully saturated rings. The lowest BCUT2D eigenvalue weighted by Crippen LogP contribution is -2.05. The molecule has 0 spiro atoms. The lowest BCUT2D eigenvalue weighted by atomic mass is 10.0. The maximum absolute atomic E-state index is 4.73. The van der Waals surface area contributed by atoms with Crippen LogP contribution in [-0.4, -0.2) is 5.75 Å². The first kappa shape index (κ1) is 6.35. The van der Waals surface area contributed by atoms with Crippen LogP contribution in [-0.2, 0) is 0 Å². The molecule has 0 aromatic rings. The van der Waals surface area contributed by atoms with Gasteiger partial charge in [0.15, 0.2) is 0 Å². The van der Waals surface area contributed by atoms with Gasteiger partial charge in [0.1, 0.15) is 0 Å². The first-order valence-electron chi connectivity index (χ1n) is 2.00. The Kier molecular flexibility index (Phi) is 1.98. The molecule has 0 unspecified atom stereocenters. The van der Waals surface area contributed by atoms with Crippen molar-refractivity contribution >= 4 is 12.6 Å². The Hall–Kier alpha value is 0.350. The van der Waals surface area contributed by atoms with Crippen molar-refractivity contribution in [3.63, 3.8) is 0 Å². The Balaban J connectivity index is 3.17. The van der Waals surface area contributed by atoms with Crippen LogP contribution in [0.1, 0.15) is 13.8 Å². The minimum absolute atomic E-state index is 0.106. The smallest absolute Gasteiger partial charge is 0.00883 e. The molecular formula is C5H10S. The van der Waals surface area contributed by atoms with Gasteiger partial charge < -0.3 is 0 Å². The van der Waals surface area contributed by atoms with Crippen molar-refractivity contribution in [3.05, 3.63) is 6.92 Å². The number of hydrogen-bond donors (Lipinski definition) is 0. The van der Waals surface area contributed by atoms with Gasteiger partial charge >= 0.3 is 0 Å². The molecule has 2 radical (unpaired) electrons. The van der Waals surface area contributed by atoms with Crippen LogP contribution in [0.3, 0.4) is 0 Å². The quantitative estimate of drug-likeness (QED) is 0.475. The predicted octanol–water partition coefficient (Wildman–Crippen LogP) is 2.04. The third-order valence-corrected chi connectivity index (χ3v) is 1.17. The first-order valence-corrected chi connectivity index (χ1v) is 2.57. The molecule has 0 heterocycles. The molecule has 0 amide bonds. The molecule has 0 aromatic carbocycles. The van der Waals surface area contributed by atoms with Crippen molar-refractivity contribution in [2.75, 3.05) is 5.75 Å². The second-order valence-corrected chi connectivity index (χ2v) is 2.60. The highest BCUT2D eigenvalue weighted by Crippen LogP contribution is 2.12. The summed E-state index contributed by atoms with van der Waals surface area (Å²) in [6, 6.07) is 0. The Bertz CT molecular complexity index is 33.7. The van der Waals surface area contributed by atoms with Crippen LogP contribution >= 0.6 is 12.6 Å². The summed E-state index contributed by atoms with van der Waals surface area (Å²) in [7, 11) is 0. The monoisotopic (exact) mass is 102 g/mol. The summed E-state index contributed by atoms with van der Waals surface area (Å²) < 4.78 is 0. The van der Waals surface area contributed by atoms with Gasteiger partial charge in [0, 0.05) is 5.75 Å². The van der Waals surface area contributed by atoms with E-state index in [-0.39, 0.29) is 5.41 Å². The van der Waals surface area contributed by atoms with Crippen LogP contribution in [0.2, 0.25) is 0 Å². The number of rotatable bonds is 1. The van der Waals surface area contributed by atoms with E-state index in [1.165, 1.54) is 0 Å². The molecule has 0 nitrogen and oxygen atoms in total. The van der Waals surface area contributed by atoms with Crippen molar-refractivity contribution < 1.29 is 0 Å². The summed E-state index contributed by atoms with van der Waals surface area (Å²) in [4.78, 5) is 0. The zero-order valence-electron chi connectivity index (χ0n) is 4.32. The third kappa shape index (κ3) is 4.35. The van der Waals surface area contributed by atoms with E-state index in [4.69, 9.17) is 12.6 Å². The summed E-state index contributed by atoms with van der Waals surface area (Å²) in [6.45, 7) is 7.84. The van der Waals surface area contributed by atoms with E-state index < -0.39 is 0 Å². The number of hydrogen-bond acceptors (Lipinski definition) is 0. The molecular weight excluding hydrogens is 92.1 g/mol. The van der Waals surface area contributed by atoms with Crippen molar-refractivity contribution in [3.8, 4) is 0 Å². The SMILES string of the molecule is [CH2]C(C)(C)C[S]. The topological polar surface area (TPSA) is 0 Å². The van der Waals surface area contributed by atoms with Gasteiger partial charge in [-0.15, -0.1) is 0 Å². The van der Waals surface area contributed by atoms with Gasteiger partial charge in [-0.25, -0.2) is 0 Å². The van der Waals surface area contributed by atoms with Crippen LogP contribution in [0.5, 0.6) is 0 Å². The molecule has 0 N–H and O–H groups in total. The Morgan fingerprint density at radius 1 is 1.67 bits per heavy atom. The van der Waals surface area contributed by atoms with Gasteiger partial charge in [-0.05, 0) is 12.3 Å². The molecule has 0 aliphatic rings. The van der Waals surface area contributed by atoms with Gasteiger partial charge in [0.05, 0.1) is 0 Å². The molecule has 0 saturated heterocycles. The van der Waals surface area contributed by atoms with Gasteiger partial charge in [-0.2, -0.15) is 0 Å². The summed E-state index contributed by atoms with van der Waals surface area (Å²) >= 11 is 4.73. The van der Waals surface area contributed by atoms with Gasteiger partial charge in [-0.3, -0.25) is 0 Å². The molecule has 0 aromatic heterocycles. The largest absolute Gasteiger partial charge is 0.0936 e. The molecule has 0 aliphatic carbocycles. The van der Waals surface area contributed by atoms with Crippen LogP contribution in [0, 0.1) is 12.3 Å². The van der Waals surface area contributed by atoms with E-state index >= 15 is 0 Å². The minimum Gasteiger partial charge on any atom is -0.0936 e. The second-order valence-electron chi connectivity index (χ2n) is 2.31. The molecule has 6 heavy (non-hydrogen) atoms. The summed E-state index contributed by atoms with van der Waals surface area (Å²) in [5.41, 5.74) is 0.106.